The Morgan fingerprint density at radius 2 is 1.08 bits per heavy atom. The van der Waals surface area contributed by atoms with Gasteiger partial charge in [-0.1, -0.05) is 145 Å². The predicted molar refractivity (Wildman–Crippen MR) is 224 cm³/mol. The van der Waals surface area contributed by atoms with Crippen LogP contribution in [0, 0.1) is 0 Å². The molecular formula is C43H54Cl2N4O3. The first-order valence-corrected chi connectivity index (χ1v) is 18.6. The van der Waals surface area contributed by atoms with Gasteiger partial charge in [0, 0.05) is 50.1 Å². The number of para-hydroxylation sites is 4. The van der Waals surface area contributed by atoms with E-state index < -0.39 is 16.0 Å². The molecule has 8 rings (SSSR count). The summed E-state index contributed by atoms with van der Waals surface area (Å²) < 4.78 is 0.709. The zero-order valence-corrected chi connectivity index (χ0v) is 33.9. The van der Waals surface area contributed by atoms with Crippen molar-refractivity contribution in [2.24, 2.45) is 7.05 Å². The number of amides is 2. The van der Waals surface area contributed by atoms with E-state index >= 15 is 0 Å². The van der Waals surface area contributed by atoms with Crippen molar-refractivity contribution >= 4 is 74.0 Å². The lowest BCUT2D eigenvalue weighted by Crippen LogP contribution is -2.29. The van der Waals surface area contributed by atoms with Gasteiger partial charge in [-0.05, 0) is 53.2 Å². The van der Waals surface area contributed by atoms with Crippen molar-refractivity contribution in [2.45, 2.75) is 59.7 Å². The van der Waals surface area contributed by atoms with Crippen molar-refractivity contribution in [3.05, 3.63) is 133 Å². The van der Waals surface area contributed by atoms with Crippen LogP contribution in [0.2, 0.25) is 0 Å². The van der Waals surface area contributed by atoms with Crippen LogP contribution in [-0.2, 0) is 21.0 Å². The molecule has 0 atom stereocenters. The largest absolute Gasteiger partial charge is 0.361 e. The second-order valence-electron chi connectivity index (χ2n) is 10.2. The third-order valence-electron chi connectivity index (χ3n) is 7.44. The summed E-state index contributed by atoms with van der Waals surface area (Å²) in [4.78, 5) is 39.9. The summed E-state index contributed by atoms with van der Waals surface area (Å²) in [6.45, 7) is 16.0. The summed E-state index contributed by atoms with van der Waals surface area (Å²) >= 11 is 11.8. The van der Waals surface area contributed by atoms with Gasteiger partial charge in [0.1, 0.15) is 0 Å². The molecular weight excluding hydrogens is 691 g/mol. The minimum atomic E-state index is -1.41. The molecule has 0 fully saturated rings. The number of carbonyl (C=O) groups excluding carboxylic acids is 3. The van der Waals surface area contributed by atoms with Crippen LogP contribution >= 0.6 is 23.2 Å². The Morgan fingerprint density at radius 1 is 0.558 bits per heavy atom. The molecule has 4 aromatic carbocycles. The molecule has 52 heavy (non-hydrogen) atoms. The van der Waals surface area contributed by atoms with Crippen molar-refractivity contribution in [1.82, 2.24) is 9.55 Å². The lowest BCUT2D eigenvalue weighted by atomic mass is 10.1. The summed E-state index contributed by atoms with van der Waals surface area (Å²) in [5, 5.41) is 2.59. The molecule has 0 aliphatic carbocycles. The van der Waals surface area contributed by atoms with Gasteiger partial charge in [0.2, 0.25) is 4.33 Å². The van der Waals surface area contributed by atoms with Gasteiger partial charge in [0.25, 0.3) is 17.6 Å². The van der Waals surface area contributed by atoms with E-state index in [1.807, 2.05) is 91.9 Å². The van der Waals surface area contributed by atoms with Gasteiger partial charge < -0.3 is 19.4 Å². The van der Waals surface area contributed by atoms with E-state index in [2.05, 4.69) is 71.3 Å². The number of anilines is 2. The highest BCUT2D eigenvalue weighted by Gasteiger charge is 2.46. The van der Waals surface area contributed by atoms with Gasteiger partial charge in [0.15, 0.2) is 0 Å². The number of benzene rings is 4. The van der Waals surface area contributed by atoms with Gasteiger partial charge in [-0.2, -0.15) is 0 Å². The molecule has 2 aliphatic heterocycles. The molecule has 0 saturated heterocycles. The summed E-state index contributed by atoms with van der Waals surface area (Å²) in [5.41, 5.74) is 5.14. The van der Waals surface area contributed by atoms with Crippen LogP contribution in [0.15, 0.2) is 122 Å². The number of likely N-dealkylation sites (N-methyl/N-ethyl adjacent to an activating group) is 2. The van der Waals surface area contributed by atoms with Crippen LogP contribution in [0.3, 0.4) is 0 Å². The highest BCUT2D eigenvalue weighted by Crippen LogP contribution is 2.46. The summed E-state index contributed by atoms with van der Waals surface area (Å²) in [7, 11) is 5.32. The van der Waals surface area contributed by atoms with E-state index in [4.69, 9.17) is 23.2 Å². The van der Waals surface area contributed by atoms with E-state index in [1.165, 1.54) is 31.6 Å². The van der Waals surface area contributed by atoms with Crippen LogP contribution in [-0.4, -0.2) is 41.2 Å². The molecule has 0 saturated carbocycles. The monoisotopic (exact) mass is 744 g/mol. The zero-order chi connectivity index (χ0) is 39.4. The molecule has 9 heteroatoms. The van der Waals surface area contributed by atoms with E-state index in [9.17, 15) is 14.4 Å². The maximum atomic E-state index is 11.5. The number of alkyl halides is 2. The highest BCUT2D eigenvalue weighted by molar-refractivity contribution is 6.60. The maximum Gasteiger partial charge on any atom is 0.299 e. The highest BCUT2D eigenvalue weighted by atomic mass is 35.5. The average Bonchev–Trinajstić information content (AvgIpc) is 3.95. The van der Waals surface area contributed by atoms with Gasteiger partial charge in [0.05, 0.1) is 16.9 Å². The second kappa shape index (κ2) is 22.9. The Kier molecular flexibility index (Phi) is 19.9. The van der Waals surface area contributed by atoms with Crippen LogP contribution in [0.1, 0.15) is 71.3 Å². The average molecular weight is 746 g/mol. The number of ketones is 1. The topological polar surface area (TPSA) is 78.4 Å². The number of nitrogens with one attached hydrogen (secondary N) is 1. The molecule has 2 aliphatic rings. The van der Waals surface area contributed by atoms with Crippen LogP contribution in [0.4, 0.5) is 11.4 Å². The molecule has 278 valence electrons. The fourth-order valence-electron chi connectivity index (χ4n) is 5.02. The first kappa shape index (κ1) is 45.2. The summed E-state index contributed by atoms with van der Waals surface area (Å²) in [5.74, 6) is -1.15. The van der Waals surface area contributed by atoms with Crippen molar-refractivity contribution in [1.29, 1.82) is 0 Å². The zero-order valence-electron chi connectivity index (χ0n) is 32.4. The van der Waals surface area contributed by atoms with Crippen LogP contribution in [0.25, 0.3) is 21.8 Å². The normalized spacial score (nSPS) is 12.5. The number of fused-ring (bicyclic) bond motifs is 4. The second-order valence-corrected chi connectivity index (χ2v) is 11.5. The number of rotatable bonds is 0. The fraction of sp³-hybridized carbons (Fsp3) is 0.279. The molecule has 4 heterocycles. The third kappa shape index (κ3) is 10.8. The molecule has 6 aromatic rings. The van der Waals surface area contributed by atoms with E-state index in [0.717, 1.165) is 5.69 Å². The van der Waals surface area contributed by atoms with Gasteiger partial charge in [-0.15, -0.1) is 0 Å². The lowest BCUT2D eigenvalue weighted by Gasteiger charge is -2.11. The molecule has 0 spiro atoms. The van der Waals surface area contributed by atoms with Gasteiger partial charge >= 0.3 is 0 Å². The molecule has 2 amide bonds. The van der Waals surface area contributed by atoms with Crippen molar-refractivity contribution in [2.75, 3.05) is 23.9 Å². The number of carbonyl (C=O) groups is 3. The summed E-state index contributed by atoms with van der Waals surface area (Å²) in [6.07, 6.45) is 4.02. The van der Waals surface area contributed by atoms with Gasteiger partial charge in [-0.25, -0.2) is 0 Å². The molecule has 0 radical (unpaired) electrons. The Hall–Kier alpha value is -4.85. The maximum absolute atomic E-state index is 11.5. The molecule has 0 unspecified atom stereocenters. The number of hydrogen-bond donors (Lipinski definition) is 1. The quantitative estimate of drug-likeness (QED) is 0.124. The number of hydrogen-bond acceptors (Lipinski definition) is 3. The Balaban J connectivity index is 0.000000327. The number of aryl methyl sites for hydroxylation is 1. The van der Waals surface area contributed by atoms with E-state index in [1.54, 1.807) is 44.4 Å². The third-order valence-corrected chi connectivity index (χ3v) is 8.17. The van der Waals surface area contributed by atoms with E-state index in [-0.39, 0.29) is 5.91 Å². The number of H-pyrrole nitrogens is 1. The number of aromatic nitrogens is 2. The minimum Gasteiger partial charge on any atom is -0.361 e. The molecule has 0 bridgehead atoms. The molecule has 1 N–H and O–H groups in total. The summed E-state index contributed by atoms with van der Waals surface area (Å²) in [6, 6.07) is 35.0. The molecule has 2 aromatic heterocycles. The molecule has 7 nitrogen and oxygen atoms in total. The fourth-order valence-corrected chi connectivity index (χ4v) is 5.59. The van der Waals surface area contributed by atoms with E-state index in [0.29, 0.717) is 16.8 Å². The van der Waals surface area contributed by atoms with Crippen molar-refractivity contribution in [3.63, 3.8) is 0 Å². The van der Waals surface area contributed by atoms with Crippen LogP contribution < -0.4 is 9.80 Å². The van der Waals surface area contributed by atoms with Gasteiger partial charge in [-0.3, -0.25) is 14.4 Å². The first-order chi connectivity index (χ1) is 25.1. The minimum absolute atomic E-state index is 0.294. The number of nitrogens with zero attached hydrogens (tertiary/aromatic N) is 3. The standard InChI is InChI=1S/C9H7Cl2NO.C9H7NO2.C9H9N.C8H7N.4C2H6/c1-12-7-5-3-2-4-6(7)9(10,11)8(12)13;1-10-7-5-3-2-4-6(7)8(11)9(10)12;1-10-7-6-8-4-2-3-5-9(8)10;1-2-4-8-7(3-1)5-6-9-8;4*1-2/h2-5H,1H3;2-5H,1H3;2-7H,1H3;1-6,9H;4*1-2H3. The Labute approximate surface area is 320 Å². The first-order valence-electron chi connectivity index (χ1n) is 17.8. The van der Waals surface area contributed by atoms with Crippen molar-refractivity contribution in [3.8, 4) is 0 Å². The lowest BCUT2D eigenvalue weighted by molar-refractivity contribution is -0.118. The SMILES string of the molecule is CC.CC.CC.CC.CN1C(=O)C(=O)c2ccccc21.CN1C(=O)C(Cl)(Cl)c2ccccc21.Cn1ccc2ccccc21.c1ccc2[nH]ccc2c1. The number of Topliss-reactive ketones (excluding diaryl/α,β-unsaturated/α-hetero) is 1. The number of halogens is 2. The Morgan fingerprint density at radius 3 is 1.65 bits per heavy atom. The van der Waals surface area contributed by atoms with Crippen molar-refractivity contribution < 1.29 is 14.4 Å². The predicted octanol–water partition coefficient (Wildman–Crippen LogP) is 11.6. The van der Waals surface area contributed by atoms with Crippen LogP contribution in [0.5, 0.6) is 0 Å². The Bertz CT molecular complexity index is 1950. The smallest absolute Gasteiger partial charge is 0.299 e. The number of aromatic amines is 1.